The molecule has 134 valence electrons. The van der Waals surface area contributed by atoms with Gasteiger partial charge in [0.2, 0.25) is 0 Å². The third-order valence-corrected chi connectivity index (χ3v) is 5.65. The number of rotatable bonds is 5. The Hall–Kier alpha value is -1.84. The highest BCUT2D eigenvalue weighted by Gasteiger charge is 2.44. The number of carbonyl (C=O) groups is 3. The maximum atomic E-state index is 12.9. The summed E-state index contributed by atoms with van der Waals surface area (Å²) in [7, 11) is 0. The van der Waals surface area contributed by atoms with Gasteiger partial charge >= 0.3 is 0 Å². The third-order valence-electron chi connectivity index (χ3n) is 5.65. The van der Waals surface area contributed by atoms with Crippen molar-refractivity contribution in [3.8, 4) is 0 Å². The molecule has 2 fully saturated rings. The van der Waals surface area contributed by atoms with Crippen LogP contribution in [-0.4, -0.2) is 23.5 Å². The quantitative estimate of drug-likeness (QED) is 0.760. The largest absolute Gasteiger partial charge is 0.300 e. The first kappa shape index (κ1) is 18.0. The Morgan fingerprint density at radius 2 is 1.68 bits per heavy atom. The number of aryl methyl sites for hydroxylation is 3. The molecule has 0 aromatic heterocycles. The zero-order valence-electron chi connectivity index (χ0n) is 15.1. The normalized spacial score (nSPS) is 29.0. The SMILES string of the molecule is Cc1cc(C)c(C2C(=O)CC(CC(=O)CC3CC(F)C3)C2=O)c(C)c1. The topological polar surface area (TPSA) is 51.2 Å². The molecule has 0 aliphatic heterocycles. The number of hydrogen-bond donors (Lipinski definition) is 0. The lowest BCUT2D eigenvalue weighted by Gasteiger charge is -2.29. The molecule has 0 heterocycles. The Balaban J connectivity index is 1.71. The minimum atomic E-state index is -0.774. The predicted octanol–water partition coefficient (Wildman–Crippen LogP) is 3.95. The van der Waals surface area contributed by atoms with Crippen molar-refractivity contribution in [2.45, 2.75) is 65.0 Å². The van der Waals surface area contributed by atoms with Crippen LogP contribution in [0.4, 0.5) is 4.39 Å². The monoisotopic (exact) mass is 344 g/mol. The van der Waals surface area contributed by atoms with Crippen LogP contribution < -0.4 is 0 Å². The van der Waals surface area contributed by atoms with E-state index in [2.05, 4.69) is 0 Å². The number of alkyl halides is 1. The van der Waals surface area contributed by atoms with Crippen LogP contribution in [0.5, 0.6) is 0 Å². The fraction of sp³-hybridized carbons (Fsp3) is 0.571. The highest BCUT2D eigenvalue weighted by molar-refractivity contribution is 6.15. The molecule has 0 bridgehead atoms. The zero-order valence-corrected chi connectivity index (χ0v) is 15.1. The van der Waals surface area contributed by atoms with Crippen molar-refractivity contribution in [2.24, 2.45) is 11.8 Å². The molecule has 25 heavy (non-hydrogen) atoms. The van der Waals surface area contributed by atoms with Crippen molar-refractivity contribution >= 4 is 17.3 Å². The first-order chi connectivity index (χ1) is 11.8. The maximum Gasteiger partial charge on any atom is 0.151 e. The van der Waals surface area contributed by atoms with Gasteiger partial charge in [0, 0.05) is 25.2 Å². The molecular formula is C21H25FO3. The average molecular weight is 344 g/mol. The van der Waals surface area contributed by atoms with Crippen molar-refractivity contribution in [3.63, 3.8) is 0 Å². The molecule has 1 aromatic carbocycles. The van der Waals surface area contributed by atoms with Crippen LogP contribution in [0.15, 0.2) is 12.1 Å². The Labute approximate surface area is 148 Å². The highest BCUT2D eigenvalue weighted by atomic mass is 19.1. The van der Waals surface area contributed by atoms with E-state index in [4.69, 9.17) is 0 Å². The summed E-state index contributed by atoms with van der Waals surface area (Å²) in [5, 5.41) is 0. The van der Waals surface area contributed by atoms with Gasteiger partial charge in [-0.25, -0.2) is 4.39 Å². The van der Waals surface area contributed by atoms with E-state index in [1.54, 1.807) is 0 Å². The van der Waals surface area contributed by atoms with E-state index in [0.717, 1.165) is 22.3 Å². The molecule has 2 unspecified atom stereocenters. The number of halogens is 1. The van der Waals surface area contributed by atoms with Crippen LogP contribution in [0.2, 0.25) is 0 Å². The molecule has 0 radical (unpaired) electrons. The van der Waals surface area contributed by atoms with E-state index in [9.17, 15) is 18.8 Å². The molecule has 0 saturated heterocycles. The molecule has 2 aliphatic rings. The Morgan fingerprint density at radius 3 is 2.24 bits per heavy atom. The lowest BCUT2D eigenvalue weighted by molar-refractivity contribution is -0.128. The number of Topliss-reactive ketones (excluding diaryl/α,β-unsaturated/α-hetero) is 3. The van der Waals surface area contributed by atoms with Gasteiger partial charge in [0.15, 0.2) is 5.78 Å². The van der Waals surface area contributed by atoms with Gasteiger partial charge < -0.3 is 0 Å². The molecule has 3 rings (SSSR count). The number of hydrogen-bond acceptors (Lipinski definition) is 3. The molecule has 0 amide bonds. The molecule has 0 spiro atoms. The van der Waals surface area contributed by atoms with Gasteiger partial charge in [-0.3, -0.25) is 14.4 Å². The van der Waals surface area contributed by atoms with E-state index < -0.39 is 18.0 Å². The van der Waals surface area contributed by atoms with Gasteiger partial charge in [-0.2, -0.15) is 0 Å². The molecule has 0 N–H and O–H groups in total. The number of benzene rings is 1. The van der Waals surface area contributed by atoms with Crippen LogP contribution in [0.1, 0.15) is 60.3 Å². The summed E-state index contributed by atoms with van der Waals surface area (Å²) < 4.78 is 12.9. The molecule has 4 heteroatoms. The summed E-state index contributed by atoms with van der Waals surface area (Å²) in [5.41, 5.74) is 3.84. The van der Waals surface area contributed by atoms with Gasteiger partial charge in [0.05, 0.1) is 0 Å². The minimum Gasteiger partial charge on any atom is -0.300 e. The number of ketones is 3. The van der Waals surface area contributed by atoms with Crippen molar-refractivity contribution in [1.29, 1.82) is 0 Å². The zero-order chi connectivity index (χ0) is 18.3. The second-order valence-electron chi connectivity index (χ2n) is 7.90. The smallest absolute Gasteiger partial charge is 0.151 e. The summed E-state index contributed by atoms with van der Waals surface area (Å²) in [6.07, 6.45) is 0.744. The molecule has 2 saturated carbocycles. The van der Waals surface area contributed by atoms with Gasteiger partial charge in [0.25, 0.3) is 0 Å². The molecular weight excluding hydrogens is 319 g/mol. The Kier molecular flexibility index (Phi) is 4.90. The van der Waals surface area contributed by atoms with Crippen molar-refractivity contribution in [3.05, 3.63) is 34.4 Å². The first-order valence-corrected chi connectivity index (χ1v) is 9.06. The molecule has 2 atom stereocenters. The second kappa shape index (κ2) is 6.81. The van der Waals surface area contributed by atoms with Crippen LogP contribution in [0.3, 0.4) is 0 Å². The Bertz CT molecular complexity index is 708. The van der Waals surface area contributed by atoms with E-state index in [1.165, 1.54) is 0 Å². The molecule has 2 aliphatic carbocycles. The highest BCUT2D eigenvalue weighted by Crippen LogP contribution is 2.39. The Morgan fingerprint density at radius 1 is 1.08 bits per heavy atom. The maximum absolute atomic E-state index is 12.9. The fourth-order valence-corrected chi connectivity index (χ4v) is 4.48. The predicted molar refractivity (Wildman–Crippen MR) is 93.4 cm³/mol. The van der Waals surface area contributed by atoms with Crippen molar-refractivity contribution in [2.75, 3.05) is 0 Å². The lowest BCUT2D eigenvalue weighted by Crippen LogP contribution is -2.28. The molecule has 1 aromatic rings. The lowest BCUT2D eigenvalue weighted by atomic mass is 9.79. The van der Waals surface area contributed by atoms with Crippen LogP contribution >= 0.6 is 0 Å². The summed E-state index contributed by atoms with van der Waals surface area (Å²) >= 11 is 0. The summed E-state index contributed by atoms with van der Waals surface area (Å²) in [4.78, 5) is 37.5. The van der Waals surface area contributed by atoms with Crippen LogP contribution in [0.25, 0.3) is 0 Å². The van der Waals surface area contributed by atoms with Crippen molar-refractivity contribution in [1.82, 2.24) is 0 Å². The fourth-order valence-electron chi connectivity index (χ4n) is 4.48. The van der Waals surface area contributed by atoms with Gasteiger partial charge in [-0.1, -0.05) is 17.7 Å². The standard InChI is InChI=1S/C21H25FO3/c1-11-4-12(2)19(13(3)5-11)20-18(24)10-15(21(20)25)9-17(23)8-14-6-16(22)7-14/h4-5,14-16,20H,6-10H2,1-3H3. The van der Waals surface area contributed by atoms with E-state index in [0.29, 0.717) is 19.3 Å². The van der Waals surface area contributed by atoms with Gasteiger partial charge in [-0.15, -0.1) is 0 Å². The van der Waals surface area contributed by atoms with E-state index in [1.807, 2.05) is 32.9 Å². The summed E-state index contributed by atoms with van der Waals surface area (Å²) in [5.74, 6) is -1.33. The van der Waals surface area contributed by atoms with Crippen LogP contribution in [-0.2, 0) is 14.4 Å². The van der Waals surface area contributed by atoms with Crippen LogP contribution in [0, 0.1) is 32.6 Å². The number of carbonyl (C=O) groups excluding carboxylic acids is 3. The summed E-state index contributed by atoms with van der Waals surface area (Å²) in [6.45, 7) is 5.85. The van der Waals surface area contributed by atoms with E-state index >= 15 is 0 Å². The van der Waals surface area contributed by atoms with E-state index in [-0.39, 0.29) is 36.1 Å². The average Bonchev–Trinajstić information content (AvgIpc) is 2.72. The third kappa shape index (κ3) is 3.58. The second-order valence-corrected chi connectivity index (χ2v) is 7.90. The van der Waals surface area contributed by atoms with Crippen molar-refractivity contribution < 1.29 is 18.8 Å². The van der Waals surface area contributed by atoms with Gasteiger partial charge in [-0.05, 0) is 56.2 Å². The molecule has 3 nitrogen and oxygen atoms in total. The minimum absolute atomic E-state index is 0.0129. The van der Waals surface area contributed by atoms with Gasteiger partial charge in [0.1, 0.15) is 23.7 Å². The first-order valence-electron chi connectivity index (χ1n) is 9.06. The summed E-state index contributed by atoms with van der Waals surface area (Å²) in [6, 6.07) is 3.98.